The first kappa shape index (κ1) is 20.4. The van der Waals surface area contributed by atoms with Gasteiger partial charge in [-0.05, 0) is 24.3 Å². The summed E-state index contributed by atoms with van der Waals surface area (Å²) in [6.45, 7) is 2.77. The zero-order chi connectivity index (χ0) is 21.0. The van der Waals surface area contributed by atoms with E-state index >= 15 is 0 Å². The molecule has 29 heavy (non-hydrogen) atoms. The van der Waals surface area contributed by atoms with Gasteiger partial charge in [0.1, 0.15) is 11.8 Å². The number of rotatable bonds is 5. The number of hydrogen-bond acceptors (Lipinski definition) is 5. The molecule has 2 heterocycles. The van der Waals surface area contributed by atoms with Crippen LogP contribution in [0.2, 0.25) is 0 Å². The Morgan fingerprint density at radius 3 is 2.69 bits per heavy atom. The number of nitrogens with one attached hydrogen (secondary N) is 1. The normalized spacial score (nSPS) is 16.4. The molecule has 1 N–H and O–H groups in total. The number of ether oxygens (including phenoxy) is 1. The van der Waals surface area contributed by atoms with E-state index in [-0.39, 0.29) is 30.8 Å². The van der Waals surface area contributed by atoms with E-state index < -0.39 is 6.04 Å². The summed E-state index contributed by atoms with van der Waals surface area (Å²) in [6, 6.07) is 6.28. The molecule has 1 unspecified atom stereocenters. The van der Waals surface area contributed by atoms with Crippen molar-refractivity contribution in [3.05, 3.63) is 47.8 Å². The Morgan fingerprint density at radius 1 is 1.28 bits per heavy atom. The highest BCUT2D eigenvalue weighted by Crippen LogP contribution is 2.23. The number of amides is 3. The van der Waals surface area contributed by atoms with Crippen LogP contribution in [0.1, 0.15) is 22.8 Å². The van der Waals surface area contributed by atoms with Crippen LogP contribution in [0.25, 0.3) is 0 Å². The van der Waals surface area contributed by atoms with Gasteiger partial charge in [-0.2, -0.15) is 5.10 Å². The lowest BCUT2D eigenvalue weighted by Gasteiger charge is -2.40. The number of carbonyl (C=O) groups is 3. The molecule has 3 amide bonds. The van der Waals surface area contributed by atoms with Crippen molar-refractivity contribution < 1.29 is 19.1 Å². The second-order valence-corrected chi connectivity index (χ2v) is 6.82. The van der Waals surface area contributed by atoms with Gasteiger partial charge in [0.25, 0.3) is 5.91 Å². The van der Waals surface area contributed by atoms with E-state index in [4.69, 9.17) is 4.74 Å². The molecule has 1 aromatic carbocycles. The summed E-state index contributed by atoms with van der Waals surface area (Å²) in [4.78, 5) is 40.5. The number of aromatic nitrogens is 2. The van der Waals surface area contributed by atoms with Crippen molar-refractivity contribution in [2.75, 3.05) is 33.8 Å². The molecule has 0 saturated carbocycles. The molecule has 1 fully saturated rings. The average molecular weight is 399 g/mol. The van der Waals surface area contributed by atoms with Crippen LogP contribution in [0.5, 0.6) is 5.75 Å². The molecule has 0 aliphatic carbocycles. The topological polar surface area (TPSA) is 96.8 Å². The van der Waals surface area contributed by atoms with E-state index in [1.54, 1.807) is 41.1 Å². The monoisotopic (exact) mass is 399 g/mol. The zero-order valence-electron chi connectivity index (χ0n) is 16.8. The molecule has 9 heteroatoms. The number of likely N-dealkylation sites (N-methyl/N-ethyl adjacent to an activating group) is 1. The number of carbonyl (C=O) groups excluding carboxylic acids is 3. The van der Waals surface area contributed by atoms with Crippen molar-refractivity contribution >= 4 is 17.7 Å². The second-order valence-electron chi connectivity index (χ2n) is 6.82. The molecule has 3 rings (SSSR count). The van der Waals surface area contributed by atoms with E-state index in [0.717, 1.165) is 5.56 Å². The fraction of sp³-hybridized carbons (Fsp3) is 0.400. The Labute approximate surface area is 169 Å². The molecule has 0 bridgehead atoms. The van der Waals surface area contributed by atoms with Gasteiger partial charge in [-0.3, -0.25) is 19.1 Å². The molecular weight excluding hydrogens is 374 g/mol. The summed E-state index contributed by atoms with van der Waals surface area (Å²) >= 11 is 0. The highest BCUT2D eigenvalue weighted by molar-refractivity contribution is 5.98. The van der Waals surface area contributed by atoms with Crippen molar-refractivity contribution in [1.29, 1.82) is 0 Å². The maximum atomic E-state index is 13.2. The predicted molar refractivity (Wildman–Crippen MR) is 105 cm³/mol. The van der Waals surface area contributed by atoms with E-state index in [2.05, 4.69) is 10.4 Å². The predicted octanol–water partition coefficient (Wildman–Crippen LogP) is 0.359. The van der Waals surface area contributed by atoms with Crippen LogP contribution < -0.4 is 10.1 Å². The number of methoxy groups -OCH3 is 1. The first-order valence-corrected chi connectivity index (χ1v) is 9.37. The van der Waals surface area contributed by atoms with Crippen LogP contribution in [0, 0.1) is 0 Å². The minimum absolute atomic E-state index is 0.114. The third-order valence-electron chi connectivity index (χ3n) is 5.05. The van der Waals surface area contributed by atoms with Crippen molar-refractivity contribution in [2.24, 2.45) is 0 Å². The number of hydrogen-bond donors (Lipinski definition) is 1. The molecule has 0 radical (unpaired) electrons. The zero-order valence-corrected chi connectivity index (χ0v) is 16.8. The summed E-state index contributed by atoms with van der Waals surface area (Å²) < 4.78 is 7.16. The molecule has 1 atom stereocenters. The van der Waals surface area contributed by atoms with Gasteiger partial charge in [-0.1, -0.05) is 0 Å². The fourth-order valence-corrected chi connectivity index (χ4v) is 3.47. The third kappa shape index (κ3) is 4.39. The Hall–Kier alpha value is -3.36. The Kier molecular flexibility index (Phi) is 6.16. The minimum Gasteiger partial charge on any atom is -0.496 e. The minimum atomic E-state index is -0.734. The lowest BCUT2D eigenvalue weighted by molar-refractivity contribution is -0.135. The van der Waals surface area contributed by atoms with Gasteiger partial charge in [0.05, 0.1) is 20.2 Å². The van der Waals surface area contributed by atoms with Gasteiger partial charge in [-0.25, -0.2) is 0 Å². The largest absolute Gasteiger partial charge is 0.496 e. The van der Waals surface area contributed by atoms with Crippen LogP contribution in [-0.4, -0.2) is 77.1 Å². The Balaban J connectivity index is 1.87. The maximum absolute atomic E-state index is 13.2. The van der Waals surface area contributed by atoms with Crippen LogP contribution in [0.3, 0.4) is 0 Å². The van der Waals surface area contributed by atoms with Crippen LogP contribution in [0.4, 0.5) is 0 Å². The van der Waals surface area contributed by atoms with Crippen molar-refractivity contribution in [2.45, 2.75) is 19.5 Å². The van der Waals surface area contributed by atoms with Crippen LogP contribution in [0.15, 0.2) is 36.7 Å². The van der Waals surface area contributed by atoms with Crippen molar-refractivity contribution in [3.63, 3.8) is 0 Å². The number of piperazine rings is 1. The van der Waals surface area contributed by atoms with Gasteiger partial charge in [0.15, 0.2) is 0 Å². The van der Waals surface area contributed by atoms with Gasteiger partial charge in [-0.15, -0.1) is 0 Å². The first-order valence-electron chi connectivity index (χ1n) is 9.37. The van der Waals surface area contributed by atoms with Crippen LogP contribution >= 0.6 is 0 Å². The quantitative estimate of drug-likeness (QED) is 0.783. The van der Waals surface area contributed by atoms with E-state index in [9.17, 15) is 14.4 Å². The SMILES string of the molecule is CNC(=O)C1CN(C(C)=O)CCN1C(=O)c1ccc(OC)c(Cn2cccn2)c1. The van der Waals surface area contributed by atoms with Gasteiger partial charge in [0.2, 0.25) is 11.8 Å². The van der Waals surface area contributed by atoms with E-state index in [1.165, 1.54) is 18.9 Å². The molecule has 1 aromatic heterocycles. The summed E-state index contributed by atoms with van der Waals surface area (Å²) in [5.74, 6) is -0.0148. The van der Waals surface area contributed by atoms with Crippen molar-refractivity contribution in [3.8, 4) is 5.75 Å². The second kappa shape index (κ2) is 8.76. The molecule has 2 aromatic rings. The Bertz CT molecular complexity index is 896. The fourth-order valence-electron chi connectivity index (χ4n) is 3.47. The van der Waals surface area contributed by atoms with Crippen LogP contribution in [-0.2, 0) is 16.1 Å². The summed E-state index contributed by atoms with van der Waals surface area (Å²) in [5, 5.41) is 6.79. The summed E-state index contributed by atoms with van der Waals surface area (Å²) in [6.07, 6.45) is 3.51. The number of benzene rings is 1. The summed E-state index contributed by atoms with van der Waals surface area (Å²) in [5.41, 5.74) is 1.26. The molecule has 0 spiro atoms. The summed E-state index contributed by atoms with van der Waals surface area (Å²) in [7, 11) is 3.10. The standard InChI is InChI=1S/C20H25N5O4/c1-14(26)23-9-10-25(17(13-23)19(27)21-2)20(28)15-5-6-18(29-3)16(11-15)12-24-8-4-7-22-24/h4-8,11,17H,9-10,12-13H2,1-3H3,(H,21,27). The highest BCUT2D eigenvalue weighted by atomic mass is 16.5. The van der Waals surface area contributed by atoms with Gasteiger partial charge < -0.3 is 19.9 Å². The molecule has 154 valence electrons. The molecule has 1 aliphatic heterocycles. The molecule has 1 saturated heterocycles. The molecule has 1 aliphatic rings. The maximum Gasteiger partial charge on any atom is 0.254 e. The lowest BCUT2D eigenvalue weighted by atomic mass is 10.1. The smallest absolute Gasteiger partial charge is 0.254 e. The Morgan fingerprint density at radius 2 is 2.07 bits per heavy atom. The first-order chi connectivity index (χ1) is 13.9. The lowest BCUT2D eigenvalue weighted by Crippen LogP contribution is -2.61. The van der Waals surface area contributed by atoms with Gasteiger partial charge >= 0.3 is 0 Å². The molecular formula is C20H25N5O4. The average Bonchev–Trinajstić information content (AvgIpc) is 3.25. The molecule has 9 nitrogen and oxygen atoms in total. The van der Waals surface area contributed by atoms with Gasteiger partial charge in [0, 0.05) is 50.6 Å². The highest BCUT2D eigenvalue weighted by Gasteiger charge is 2.36. The third-order valence-corrected chi connectivity index (χ3v) is 5.05. The van der Waals surface area contributed by atoms with Crippen molar-refractivity contribution in [1.82, 2.24) is 24.9 Å². The number of nitrogens with zero attached hydrogens (tertiary/aromatic N) is 4. The van der Waals surface area contributed by atoms with E-state index in [0.29, 0.717) is 24.4 Å². The van der Waals surface area contributed by atoms with E-state index in [1.807, 2.05) is 12.3 Å².